The molecule has 2 amide bonds. The third kappa shape index (κ3) is 5.44. The molecule has 1 aliphatic heterocycles. The average molecular weight is 287 g/mol. The van der Waals surface area contributed by atoms with Crippen LogP contribution in [0.25, 0.3) is 0 Å². The fraction of sp³-hybridized carbons (Fsp3) is 0.846. The highest BCUT2D eigenvalue weighted by Crippen LogP contribution is 2.03. The number of methoxy groups -OCH3 is 1. The fourth-order valence-corrected chi connectivity index (χ4v) is 2.27. The highest BCUT2D eigenvalue weighted by atomic mass is 16.5. The zero-order valence-corrected chi connectivity index (χ0v) is 12.5. The molecule has 1 heterocycles. The molecule has 0 aromatic heterocycles. The molecule has 0 radical (unpaired) electrons. The second-order valence-corrected chi connectivity index (χ2v) is 5.19. The Hall–Kier alpha value is -1.18. The molecule has 116 valence electrons. The SMILES string of the molecule is COCC(O)CN(C)CC(=O)N1CCN(C(C)=O)CC1. The van der Waals surface area contributed by atoms with Crippen LogP contribution in [0.1, 0.15) is 6.92 Å². The van der Waals surface area contributed by atoms with Crippen molar-refractivity contribution in [3.63, 3.8) is 0 Å². The number of aliphatic hydroxyl groups is 1. The summed E-state index contributed by atoms with van der Waals surface area (Å²) in [5.74, 6) is 0.0808. The number of ether oxygens (including phenoxy) is 1. The van der Waals surface area contributed by atoms with E-state index in [4.69, 9.17) is 4.74 Å². The van der Waals surface area contributed by atoms with Crippen molar-refractivity contribution in [2.24, 2.45) is 0 Å². The largest absolute Gasteiger partial charge is 0.389 e. The monoisotopic (exact) mass is 287 g/mol. The fourth-order valence-electron chi connectivity index (χ4n) is 2.27. The number of rotatable bonds is 6. The molecular weight excluding hydrogens is 262 g/mol. The molecule has 1 fully saturated rings. The minimum Gasteiger partial charge on any atom is -0.389 e. The van der Waals surface area contributed by atoms with E-state index in [1.165, 1.54) is 7.11 Å². The summed E-state index contributed by atoms with van der Waals surface area (Å²) < 4.78 is 4.85. The summed E-state index contributed by atoms with van der Waals surface area (Å²) in [6, 6.07) is 0. The summed E-state index contributed by atoms with van der Waals surface area (Å²) >= 11 is 0. The van der Waals surface area contributed by atoms with E-state index in [0.717, 1.165) is 0 Å². The van der Waals surface area contributed by atoms with Gasteiger partial charge in [-0.05, 0) is 7.05 Å². The normalized spacial score (nSPS) is 17.4. The summed E-state index contributed by atoms with van der Waals surface area (Å²) in [5.41, 5.74) is 0. The van der Waals surface area contributed by atoms with Gasteiger partial charge in [0.05, 0.1) is 19.3 Å². The first-order valence-corrected chi connectivity index (χ1v) is 6.83. The Morgan fingerprint density at radius 3 is 2.30 bits per heavy atom. The number of carbonyl (C=O) groups is 2. The Morgan fingerprint density at radius 2 is 1.80 bits per heavy atom. The first-order valence-electron chi connectivity index (χ1n) is 6.83. The molecule has 20 heavy (non-hydrogen) atoms. The molecule has 0 aliphatic carbocycles. The van der Waals surface area contributed by atoms with Crippen LogP contribution in [0, 0.1) is 0 Å². The van der Waals surface area contributed by atoms with Crippen molar-refractivity contribution in [2.75, 3.05) is 60.0 Å². The Balaban J connectivity index is 2.31. The molecule has 1 N–H and O–H groups in total. The molecule has 1 aliphatic rings. The molecule has 0 spiro atoms. The van der Waals surface area contributed by atoms with Gasteiger partial charge in [-0.3, -0.25) is 14.5 Å². The van der Waals surface area contributed by atoms with Gasteiger partial charge in [0.1, 0.15) is 0 Å². The Labute approximate surface area is 120 Å². The van der Waals surface area contributed by atoms with Crippen LogP contribution in [0.5, 0.6) is 0 Å². The lowest BCUT2D eigenvalue weighted by Crippen LogP contribution is -2.52. The van der Waals surface area contributed by atoms with E-state index in [-0.39, 0.29) is 25.0 Å². The molecule has 0 bridgehead atoms. The third-order valence-corrected chi connectivity index (χ3v) is 3.36. The third-order valence-electron chi connectivity index (χ3n) is 3.36. The van der Waals surface area contributed by atoms with E-state index in [1.807, 2.05) is 0 Å². The summed E-state index contributed by atoms with van der Waals surface area (Å²) in [6.45, 7) is 4.81. The van der Waals surface area contributed by atoms with Crippen molar-refractivity contribution in [3.05, 3.63) is 0 Å². The van der Waals surface area contributed by atoms with E-state index in [2.05, 4.69) is 0 Å². The Morgan fingerprint density at radius 1 is 1.25 bits per heavy atom. The molecule has 7 heteroatoms. The Bertz CT molecular complexity index is 330. The quantitative estimate of drug-likeness (QED) is 0.651. The standard InChI is InChI=1S/C13H25N3O4/c1-11(17)15-4-6-16(7-5-15)13(19)9-14(2)8-12(18)10-20-3/h12,18H,4-10H2,1-3H3. The van der Waals surface area contributed by atoms with Crippen LogP contribution in [-0.4, -0.2) is 97.8 Å². The van der Waals surface area contributed by atoms with Gasteiger partial charge in [-0.25, -0.2) is 0 Å². The van der Waals surface area contributed by atoms with Crippen LogP contribution in [0.4, 0.5) is 0 Å². The molecule has 1 unspecified atom stereocenters. The highest BCUT2D eigenvalue weighted by Gasteiger charge is 2.23. The van der Waals surface area contributed by atoms with Gasteiger partial charge in [0.2, 0.25) is 11.8 Å². The highest BCUT2D eigenvalue weighted by molar-refractivity contribution is 5.79. The minimum atomic E-state index is -0.590. The van der Waals surface area contributed by atoms with Crippen LogP contribution < -0.4 is 0 Å². The van der Waals surface area contributed by atoms with E-state index >= 15 is 0 Å². The van der Waals surface area contributed by atoms with Crippen molar-refractivity contribution in [1.29, 1.82) is 0 Å². The molecule has 1 atom stereocenters. The molecule has 0 aromatic rings. The zero-order valence-electron chi connectivity index (χ0n) is 12.5. The van der Waals surface area contributed by atoms with Gasteiger partial charge in [0, 0.05) is 46.8 Å². The first-order chi connectivity index (χ1) is 9.43. The minimum absolute atomic E-state index is 0.0281. The van der Waals surface area contributed by atoms with Gasteiger partial charge in [-0.1, -0.05) is 0 Å². The predicted molar refractivity (Wildman–Crippen MR) is 74.2 cm³/mol. The topological polar surface area (TPSA) is 73.3 Å². The summed E-state index contributed by atoms with van der Waals surface area (Å²) in [5, 5.41) is 9.60. The summed E-state index contributed by atoms with van der Waals surface area (Å²) in [4.78, 5) is 28.6. The number of carbonyl (C=O) groups excluding carboxylic acids is 2. The molecule has 1 saturated heterocycles. The van der Waals surface area contributed by atoms with Gasteiger partial charge in [0.25, 0.3) is 0 Å². The van der Waals surface area contributed by atoms with Gasteiger partial charge in [-0.15, -0.1) is 0 Å². The number of likely N-dealkylation sites (N-methyl/N-ethyl adjacent to an activating group) is 1. The van der Waals surface area contributed by atoms with Crippen LogP contribution in [-0.2, 0) is 14.3 Å². The van der Waals surface area contributed by atoms with Crippen LogP contribution in [0.2, 0.25) is 0 Å². The van der Waals surface area contributed by atoms with E-state index in [0.29, 0.717) is 32.7 Å². The first kappa shape index (κ1) is 16.9. The van der Waals surface area contributed by atoms with E-state index in [9.17, 15) is 14.7 Å². The van der Waals surface area contributed by atoms with Crippen molar-refractivity contribution < 1.29 is 19.4 Å². The number of nitrogens with zero attached hydrogens (tertiary/aromatic N) is 3. The predicted octanol–water partition coefficient (Wildman–Crippen LogP) is -1.38. The van der Waals surface area contributed by atoms with Gasteiger partial charge < -0.3 is 19.6 Å². The maximum Gasteiger partial charge on any atom is 0.236 e. The number of amides is 2. The molecular formula is C13H25N3O4. The second-order valence-electron chi connectivity index (χ2n) is 5.19. The maximum absolute atomic E-state index is 12.1. The van der Waals surface area contributed by atoms with E-state index in [1.54, 1.807) is 28.7 Å². The molecule has 0 aromatic carbocycles. The van der Waals surface area contributed by atoms with Crippen molar-refractivity contribution in [2.45, 2.75) is 13.0 Å². The van der Waals surface area contributed by atoms with Crippen LogP contribution in [0.3, 0.4) is 0 Å². The van der Waals surface area contributed by atoms with Crippen LogP contribution in [0.15, 0.2) is 0 Å². The van der Waals surface area contributed by atoms with E-state index < -0.39 is 6.10 Å². The number of aliphatic hydroxyl groups excluding tert-OH is 1. The van der Waals surface area contributed by atoms with Crippen molar-refractivity contribution >= 4 is 11.8 Å². The molecule has 0 saturated carbocycles. The summed E-state index contributed by atoms with van der Waals surface area (Å²) in [7, 11) is 3.32. The average Bonchev–Trinajstić information content (AvgIpc) is 2.38. The van der Waals surface area contributed by atoms with Crippen LogP contribution >= 0.6 is 0 Å². The van der Waals surface area contributed by atoms with Crippen molar-refractivity contribution in [1.82, 2.24) is 14.7 Å². The smallest absolute Gasteiger partial charge is 0.236 e. The lowest BCUT2D eigenvalue weighted by Gasteiger charge is -2.35. The van der Waals surface area contributed by atoms with Gasteiger partial charge in [0.15, 0.2) is 0 Å². The summed E-state index contributed by atoms with van der Waals surface area (Å²) in [6.07, 6.45) is -0.590. The number of piperazine rings is 1. The van der Waals surface area contributed by atoms with Crippen molar-refractivity contribution in [3.8, 4) is 0 Å². The zero-order chi connectivity index (χ0) is 15.1. The van der Waals surface area contributed by atoms with Gasteiger partial charge in [-0.2, -0.15) is 0 Å². The number of hydrogen-bond acceptors (Lipinski definition) is 5. The Kier molecular flexibility index (Phi) is 6.90. The lowest BCUT2D eigenvalue weighted by atomic mass is 10.3. The lowest BCUT2D eigenvalue weighted by molar-refractivity contribution is -0.139. The molecule has 1 rings (SSSR count). The second kappa shape index (κ2) is 8.18. The maximum atomic E-state index is 12.1. The van der Waals surface area contributed by atoms with Gasteiger partial charge >= 0.3 is 0 Å². The molecule has 7 nitrogen and oxygen atoms in total. The number of hydrogen-bond donors (Lipinski definition) is 1.